The molecule has 1 aromatic heterocycles. The van der Waals surface area contributed by atoms with Crippen LogP contribution in [0.1, 0.15) is 12.8 Å². The number of anilines is 1. The van der Waals surface area contributed by atoms with Crippen molar-refractivity contribution >= 4 is 33.3 Å². The maximum absolute atomic E-state index is 11.0. The molecule has 0 bridgehead atoms. The fraction of sp³-hybridized carbons (Fsp3) is 0.455. The molecule has 0 radical (unpaired) electrons. The predicted molar refractivity (Wildman–Crippen MR) is 71.2 cm³/mol. The van der Waals surface area contributed by atoms with Gasteiger partial charge in [-0.05, 0) is 28.8 Å². The van der Waals surface area contributed by atoms with Crippen molar-refractivity contribution in [2.45, 2.75) is 12.8 Å². The summed E-state index contributed by atoms with van der Waals surface area (Å²) in [5, 5.41) is 20.0. The Morgan fingerprint density at radius 3 is 2.63 bits per heavy atom. The maximum Gasteiger partial charge on any atom is 0.311 e. The Morgan fingerprint density at radius 2 is 2.11 bits per heavy atom. The van der Waals surface area contributed by atoms with Crippen LogP contribution in [-0.2, 0) is 4.79 Å². The summed E-state index contributed by atoms with van der Waals surface area (Å²) in [6, 6.07) is 0. The molecular formula is C11H12BrN3O4. The van der Waals surface area contributed by atoms with Gasteiger partial charge in [-0.1, -0.05) is 0 Å². The molecule has 0 atom stereocenters. The smallest absolute Gasteiger partial charge is 0.311 e. The van der Waals surface area contributed by atoms with Crippen LogP contribution in [0.2, 0.25) is 0 Å². The van der Waals surface area contributed by atoms with Crippen molar-refractivity contribution in [2.24, 2.45) is 5.92 Å². The SMILES string of the molecule is O=C(O)C1CCN(c2c(Br)cncc2[N+](=O)[O-])CC1. The molecule has 1 aromatic rings. The van der Waals surface area contributed by atoms with E-state index in [0.29, 0.717) is 36.1 Å². The summed E-state index contributed by atoms with van der Waals surface area (Å²) in [5.41, 5.74) is 0.409. The zero-order valence-electron chi connectivity index (χ0n) is 9.95. The van der Waals surface area contributed by atoms with E-state index < -0.39 is 10.9 Å². The fourth-order valence-electron chi connectivity index (χ4n) is 2.21. The number of carboxylic acid groups (broad SMARTS) is 1. The van der Waals surface area contributed by atoms with Crippen molar-refractivity contribution < 1.29 is 14.8 Å². The summed E-state index contributed by atoms with van der Waals surface area (Å²) in [7, 11) is 0. The predicted octanol–water partition coefficient (Wildman–Crippen LogP) is 2.05. The summed E-state index contributed by atoms with van der Waals surface area (Å²) in [6.45, 7) is 0.973. The van der Waals surface area contributed by atoms with Crippen LogP contribution in [0.5, 0.6) is 0 Å². The molecule has 19 heavy (non-hydrogen) atoms. The third kappa shape index (κ3) is 2.83. The number of carbonyl (C=O) groups is 1. The van der Waals surface area contributed by atoms with Gasteiger partial charge in [-0.25, -0.2) is 0 Å². The first-order chi connectivity index (χ1) is 9.00. The Labute approximate surface area is 117 Å². The molecule has 102 valence electrons. The lowest BCUT2D eigenvalue weighted by atomic mass is 9.97. The molecule has 2 heterocycles. The van der Waals surface area contributed by atoms with E-state index in [9.17, 15) is 14.9 Å². The van der Waals surface area contributed by atoms with Crippen LogP contribution in [-0.4, -0.2) is 34.1 Å². The third-order valence-electron chi connectivity index (χ3n) is 3.21. The van der Waals surface area contributed by atoms with Crippen molar-refractivity contribution in [3.63, 3.8) is 0 Å². The second-order valence-corrected chi connectivity index (χ2v) is 5.20. The standard InChI is InChI=1S/C11H12BrN3O4/c12-8-5-13-6-9(15(18)19)10(8)14-3-1-7(2-4-14)11(16)17/h5-7H,1-4H2,(H,16,17). The average Bonchev–Trinajstić information content (AvgIpc) is 2.38. The van der Waals surface area contributed by atoms with Gasteiger partial charge >= 0.3 is 11.7 Å². The number of rotatable bonds is 3. The number of hydrogen-bond acceptors (Lipinski definition) is 5. The van der Waals surface area contributed by atoms with Crippen LogP contribution >= 0.6 is 15.9 Å². The molecule has 1 saturated heterocycles. The van der Waals surface area contributed by atoms with E-state index in [1.807, 2.05) is 4.90 Å². The number of hydrogen-bond donors (Lipinski definition) is 1. The van der Waals surface area contributed by atoms with E-state index in [2.05, 4.69) is 20.9 Å². The second kappa shape index (κ2) is 5.52. The first-order valence-electron chi connectivity index (χ1n) is 5.76. The summed E-state index contributed by atoms with van der Waals surface area (Å²) < 4.78 is 0.551. The van der Waals surface area contributed by atoms with Crippen molar-refractivity contribution in [3.05, 3.63) is 27.0 Å². The van der Waals surface area contributed by atoms with Crippen molar-refractivity contribution in [1.29, 1.82) is 0 Å². The van der Waals surface area contributed by atoms with Crippen LogP contribution in [0.3, 0.4) is 0 Å². The number of carboxylic acids is 1. The normalized spacial score (nSPS) is 16.4. The highest BCUT2D eigenvalue weighted by molar-refractivity contribution is 9.10. The summed E-state index contributed by atoms with van der Waals surface area (Å²) in [4.78, 5) is 27.1. The quantitative estimate of drug-likeness (QED) is 0.673. The van der Waals surface area contributed by atoms with Gasteiger partial charge in [0.1, 0.15) is 11.9 Å². The molecule has 7 nitrogen and oxygen atoms in total. The van der Waals surface area contributed by atoms with E-state index in [4.69, 9.17) is 5.11 Å². The van der Waals surface area contributed by atoms with Crippen LogP contribution < -0.4 is 4.90 Å². The fourth-order valence-corrected chi connectivity index (χ4v) is 2.79. The van der Waals surface area contributed by atoms with Gasteiger partial charge in [0.05, 0.1) is 15.3 Å². The summed E-state index contributed by atoms with van der Waals surface area (Å²) in [5.74, 6) is -1.17. The molecule has 0 amide bonds. The minimum Gasteiger partial charge on any atom is -0.481 e. The Morgan fingerprint density at radius 1 is 1.47 bits per heavy atom. The molecular weight excluding hydrogens is 318 g/mol. The Bertz CT molecular complexity index is 515. The molecule has 1 fully saturated rings. The largest absolute Gasteiger partial charge is 0.481 e. The molecule has 1 N–H and O–H groups in total. The molecule has 0 spiro atoms. The number of nitrogens with zero attached hydrogens (tertiary/aromatic N) is 3. The average molecular weight is 330 g/mol. The minimum atomic E-state index is -0.803. The van der Waals surface area contributed by atoms with E-state index in [-0.39, 0.29) is 11.6 Å². The molecule has 0 aliphatic carbocycles. The third-order valence-corrected chi connectivity index (χ3v) is 3.79. The van der Waals surface area contributed by atoms with Crippen LogP contribution in [0.25, 0.3) is 0 Å². The van der Waals surface area contributed by atoms with Crippen LogP contribution in [0.15, 0.2) is 16.9 Å². The lowest BCUT2D eigenvalue weighted by Crippen LogP contribution is -2.36. The first-order valence-corrected chi connectivity index (χ1v) is 6.55. The van der Waals surface area contributed by atoms with Gasteiger partial charge in [0.25, 0.3) is 0 Å². The van der Waals surface area contributed by atoms with Crippen molar-refractivity contribution in [2.75, 3.05) is 18.0 Å². The van der Waals surface area contributed by atoms with Gasteiger partial charge in [0.2, 0.25) is 0 Å². The van der Waals surface area contributed by atoms with E-state index in [1.54, 1.807) is 0 Å². The first kappa shape index (κ1) is 13.7. The summed E-state index contributed by atoms with van der Waals surface area (Å²) >= 11 is 3.27. The van der Waals surface area contributed by atoms with Gasteiger partial charge in [-0.15, -0.1) is 0 Å². The zero-order valence-corrected chi connectivity index (χ0v) is 11.5. The molecule has 1 aliphatic rings. The van der Waals surface area contributed by atoms with Gasteiger partial charge in [-0.2, -0.15) is 0 Å². The van der Waals surface area contributed by atoms with Gasteiger partial charge < -0.3 is 10.0 Å². The Balaban J connectivity index is 2.24. The van der Waals surface area contributed by atoms with E-state index in [0.717, 1.165) is 0 Å². The number of nitro groups is 1. The molecule has 0 saturated carbocycles. The van der Waals surface area contributed by atoms with Crippen LogP contribution in [0, 0.1) is 16.0 Å². The van der Waals surface area contributed by atoms with E-state index >= 15 is 0 Å². The lowest BCUT2D eigenvalue weighted by molar-refractivity contribution is -0.384. The van der Waals surface area contributed by atoms with Gasteiger partial charge in [0.15, 0.2) is 0 Å². The van der Waals surface area contributed by atoms with Crippen molar-refractivity contribution in [3.8, 4) is 0 Å². The minimum absolute atomic E-state index is 0.0665. The Hall–Kier alpha value is -1.70. The monoisotopic (exact) mass is 329 g/mol. The second-order valence-electron chi connectivity index (χ2n) is 4.35. The molecule has 8 heteroatoms. The molecule has 1 aliphatic heterocycles. The molecule has 0 aromatic carbocycles. The van der Waals surface area contributed by atoms with Crippen LogP contribution in [0.4, 0.5) is 11.4 Å². The van der Waals surface area contributed by atoms with Crippen molar-refractivity contribution in [1.82, 2.24) is 4.98 Å². The molecule has 0 unspecified atom stereocenters. The highest BCUT2D eigenvalue weighted by atomic mass is 79.9. The number of aromatic nitrogens is 1. The number of aliphatic carboxylic acids is 1. The Kier molecular flexibility index (Phi) is 3.98. The number of piperidine rings is 1. The highest BCUT2D eigenvalue weighted by Gasteiger charge is 2.29. The highest BCUT2D eigenvalue weighted by Crippen LogP contribution is 2.36. The molecule has 2 rings (SSSR count). The maximum atomic E-state index is 11.0. The van der Waals surface area contributed by atoms with E-state index in [1.165, 1.54) is 12.4 Å². The lowest BCUT2D eigenvalue weighted by Gasteiger charge is -2.31. The number of pyridine rings is 1. The summed E-state index contributed by atoms with van der Waals surface area (Å²) in [6.07, 6.45) is 3.69. The number of halogens is 1. The van der Waals surface area contributed by atoms with Gasteiger partial charge in [-0.3, -0.25) is 19.9 Å². The zero-order chi connectivity index (χ0) is 14.0. The topological polar surface area (TPSA) is 96.6 Å². The van der Waals surface area contributed by atoms with Gasteiger partial charge in [0, 0.05) is 19.3 Å².